The SMILES string of the molecule is C=C/C=C\C/C=C/NC(C)CC.CC. The van der Waals surface area contributed by atoms with Crippen LogP contribution in [0.3, 0.4) is 0 Å². The summed E-state index contributed by atoms with van der Waals surface area (Å²) in [4.78, 5) is 0. The molecule has 0 aromatic carbocycles. The minimum absolute atomic E-state index is 0.574. The molecule has 0 saturated heterocycles. The average molecular weight is 195 g/mol. The lowest BCUT2D eigenvalue weighted by Crippen LogP contribution is -2.18. The van der Waals surface area contributed by atoms with Crippen LogP contribution in [-0.2, 0) is 0 Å². The molecule has 1 N–H and O–H groups in total. The molecular formula is C13H25N. The van der Waals surface area contributed by atoms with E-state index < -0.39 is 0 Å². The quantitative estimate of drug-likeness (QED) is 0.631. The van der Waals surface area contributed by atoms with Gasteiger partial charge in [0.1, 0.15) is 0 Å². The Hall–Kier alpha value is -0.980. The van der Waals surface area contributed by atoms with Crippen LogP contribution in [0, 0.1) is 0 Å². The van der Waals surface area contributed by atoms with E-state index in [0.717, 1.165) is 12.8 Å². The van der Waals surface area contributed by atoms with Gasteiger partial charge in [-0.3, -0.25) is 0 Å². The fourth-order valence-corrected chi connectivity index (χ4v) is 0.672. The number of nitrogens with one attached hydrogen (secondary N) is 1. The van der Waals surface area contributed by atoms with Gasteiger partial charge in [-0.15, -0.1) is 0 Å². The van der Waals surface area contributed by atoms with E-state index in [2.05, 4.69) is 37.9 Å². The summed E-state index contributed by atoms with van der Waals surface area (Å²) < 4.78 is 0. The van der Waals surface area contributed by atoms with Crippen molar-refractivity contribution in [2.45, 2.75) is 46.6 Å². The predicted octanol–water partition coefficient (Wildman–Crippen LogP) is 4.05. The van der Waals surface area contributed by atoms with E-state index >= 15 is 0 Å². The summed E-state index contributed by atoms with van der Waals surface area (Å²) in [6.07, 6.45) is 12.1. The molecule has 0 aliphatic heterocycles. The molecule has 1 unspecified atom stereocenters. The Labute approximate surface area is 89.6 Å². The summed E-state index contributed by atoms with van der Waals surface area (Å²) >= 11 is 0. The Kier molecular flexibility index (Phi) is 16.1. The van der Waals surface area contributed by atoms with Crippen LogP contribution in [0.15, 0.2) is 37.1 Å². The molecule has 1 nitrogen and oxygen atoms in total. The lowest BCUT2D eigenvalue weighted by Gasteiger charge is -2.06. The Morgan fingerprint density at radius 3 is 2.43 bits per heavy atom. The summed E-state index contributed by atoms with van der Waals surface area (Å²) in [5.41, 5.74) is 0. The maximum atomic E-state index is 3.59. The highest BCUT2D eigenvalue weighted by atomic mass is 14.9. The molecule has 0 amide bonds. The zero-order valence-corrected chi connectivity index (χ0v) is 10.1. The van der Waals surface area contributed by atoms with Crippen molar-refractivity contribution >= 4 is 0 Å². The third-order valence-electron chi connectivity index (χ3n) is 1.66. The molecule has 0 aromatic rings. The number of hydrogen-bond acceptors (Lipinski definition) is 1. The fraction of sp³-hybridized carbons (Fsp3) is 0.538. The van der Waals surface area contributed by atoms with E-state index in [0.29, 0.717) is 6.04 Å². The highest BCUT2D eigenvalue weighted by Gasteiger charge is 1.89. The van der Waals surface area contributed by atoms with Crippen molar-refractivity contribution in [3.05, 3.63) is 37.1 Å². The average Bonchev–Trinajstić information content (AvgIpc) is 2.25. The van der Waals surface area contributed by atoms with Crippen LogP contribution in [0.1, 0.15) is 40.5 Å². The third kappa shape index (κ3) is 13.6. The van der Waals surface area contributed by atoms with E-state index in [4.69, 9.17) is 0 Å². The molecule has 0 rings (SSSR count). The molecule has 1 atom stereocenters. The predicted molar refractivity (Wildman–Crippen MR) is 67.3 cm³/mol. The summed E-state index contributed by atoms with van der Waals surface area (Å²) in [6, 6.07) is 0.574. The van der Waals surface area contributed by atoms with Gasteiger partial charge in [0, 0.05) is 6.04 Å². The van der Waals surface area contributed by atoms with Crippen LogP contribution < -0.4 is 5.32 Å². The smallest absolute Gasteiger partial charge is 0.0224 e. The van der Waals surface area contributed by atoms with E-state index in [1.54, 1.807) is 6.08 Å². The molecule has 0 aliphatic carbocycles. The van der Waals surface area contributed by atoms with Crippen LogP contribution in [0.4, 0.5) is 0 Å². The van der Waals surface area contributed by atoms with Gasteiger partial charge in [0.05, 0.1) is 0 Å². The van der Waals surface area contributed by atoms with E-state index in [1.807, 2.05) is 26.1 Å². The van der Waals surface area contributed by atoms with Crippen LogP contribution in [0.25, 0.3) is 0 Å². The van der Waals surface area contributed by atoms with Gasteiger partial charge in [0.2, 0.25) is 0 Å². The van der Waals surface area contributed by atoms with Gasteiger partial charge >= 0.3 is 0 Å². The van der Waals surface area contributed by atoms with Gasteiger partial charge < -0.3 is 5.32 Å². The van der Waals surface area contributed by atoms with Crippen LogP contribution in [-0.4, -0.2) is 6.04 Å². The first kappa shape index (κ1) is 15.5. The van der Waals surface area contributed by atoms with E-state index in [-0.39, 0.29) is 0 Å². The second kappa shape index (κ2) is 14.5. The normalized spacial score (nSPS) is 12.3. The lowest BCUT2D eigenvalue weighted by molar-refractivity contribution is 0.618. The van der Waals surface area contributed by atoms with Crippen molar-refractivity contribution in [1.29, 1.82) is 0 Å². The van der Waals surface area contributed by atoms with Crippen LogP contribution in [0.5, 0.6) is 0 Å². The van der Waals surface area contributed by atoms with Gasteiger partial charge in [-0.25, -0.2) is 0 Å². The lowest BCUT2D eigenvalue weighted by atomic mass is 10.3. The summed E-state index contributed by atoms with van der Waals surface area (Å²) in [5, 5.41) is 3.27. The van der Waals surface area contributed by atoms with Gasteiger partial charge in [0.15, 0.2) is 0 Å². The Morgan fingerprint density at radius 2 is 1.93 bits per heavy atom. The minimum atomic E-state index is 0.574. The first-order valence-corrected chi connectivity index (χ1v) is 5.49. The second-order valence-corrected chi connectivity index (χ2v) is 2.78. The highest BCUT2D eigenvalue weighted by molar-refractivity contribution is 5.00. The monoisotopic (exact) mass is 195 g/mol. The zero-order valence-electron chi connectivity index (χ0n) is 10.1. The molecule has 0 heterocycles. The van der Waals surface area contributed by atoms with E-state index in [9.17, 15) is 0 Å². The summed E-state index contributed by atoms with van der Waals surface area (Å²) in [5.74, 6) is 0. The van der Waals surface area contributed by atoms with Crippen molar-refractivity contribution < 1.29 is 0 Å². The third-order valence-corrected chi connectivity index (χ3v) is 1.66. The first-order chi connectivity index (χ1) is 6.81. The molecule has 1 heteroatoms. The topological polar surface area (TPSA) is 12.0 Å². The first-order valence-electron chi connectivity index (χ1n) is 5.49. The molecule has 0 saturated carbocycles. The number of hydrogen-bond donors (Lipinski definition) is 1. The van der Waals surface area contributed by atoms with E-state index in [1.165, 1.54) is 0 Å². The Balaban J connectivity index is 0. The van der Waals surface area contributed by atoms with Crippen molar-refractivity contribution in [2.75, 3.05) is 0 Å². The van der Waals surface area contributed by atoms with Crippen LogP contribution in [0.2, 0.25) is 0 Å². The molecule has 14 heavy (non-hydrogen) atoms. The van der Waals surface area contributed by atoms with Crippen molar-refractivity contribution in [2.24, 2.45) is 0 Å². The van der Waals surface area contributed by atoms with Gasteiger partial charge in [-0.1, -0.05) is 51.7 Å². The molecule has 0 fully saturated rings. The summed E-state index contributed by atoms with van der Waals surface area (Å²) in [6.45, 7) is 11.9. The molecule has 0 spiro atoms. The zero-order chi connectivity index (χ0) is 11.2. The van der Waals surface area contributed by atoms with Gasteiger partial charge in [-0.2, -0.15) is 0 Å². The number of allylic oxidation sites excluding steroid dienone is 4. The fourth-order valence-electron chi connectivity index (χ4n) is 0.672. The maximum Gasteiger partial charge on any atom is 0.0224 e. The number of rotatable bonds is 6. The molecule has 82 valence electrons. The molecule has 0 aromatic heterocycles. The molecular weight excluding hydrogens is 170 g/mol. The van der Waals surface area contributed by atoms with Gasteiger partial charge in [0.25, 0.3) is 0 Å². The van der Waals surface area contributed by atoms with Crippen LogP contribution >= 0.6 is 0 Å². The van der Waals surface area contributed by atoms with Crippen molar-refractivity contribution in [1.82, 2.24) is 5.32 Å². The molecule has 0 radical (unpaired) electrons. The largest absolute Gasteiger partial charge is 0.389 e. The highest BCUT2D eigenvalue weighted by Crippen LogP contribution is 1.89. The van der Waals surface area contributed by atoms with Crippen molar-refractivity contribution in [3.8, 4) is 0 Å². The van der Waals surface area contributed by atoms with Gasteiger partial charge in [-0.05, 0) is 26.0 Å². The Bertz CT molecular complexity index is 157. The standard InChI is InChI=1S/C11H19N.C2H6/c1-4-6-7-8-9-10-12-11(3)5-2;1-2/h4,6-7,9-12H,1,5,8H2,2-3H3;1-2H3/b7-6-,10-9+;. The maximum absolute atomic E-state index is 3.59. The molecule has 0 bridgehead atoms. The molecule has 0 aliphatic rings. The Morgan fingerprint density at radius 1 is 1.29 bits per heavy atom. The second-order valence-electron chi connectivity index (χ2n) is 2.78. The van der Waals surface area contributed by atoms with Crippen molar-refractivity contribution in [3.63, 3.8) is 0 Å². The summed E-state index contributed by atoms with van der Waals surface area (Å²) in [7, 11) is 0. The minimum Gasteiger partial charge on any atom is -0.389 e.